The molecule has 0 unspecified atom stereocenters. The Bertz CT molecular complexity index is 889. The van der Waals surface area contributed by atoms with Gasteiger partial charge in [0.1, 0.15) is 0 Å². The molecule has 2 N–H and O–H groups in total. The summed E-state index contributed by atoms with van der Waals surface area (Å²) in [5, 5.41) is 10.7. The molecule has 24 heavy (non-hydrogen) atoms. The minimum absolute atomic E-state index is 0.134. The zero-order chi connectivity index (χ0) is 17.3. The van der Waals surface area contributed by atoms with Crippen LogP contribution in [0.2, 0.25) is 0 Å². The molecule has 3 aromatic rings. The van der Waals surface area contributed by atoms with Gasteiger partial charge in [0.25, 0.3) is 5.91 Å². The molecule has 0 bridgehead atoms. The number of hydrogen-bond donors (Lipinski definition) is 2. The molecule has 0 atom stereocenters. The highest BCUT2D eigenvalue weighted by molar-refractivity contribution is 8.01. The Morgan fingerprint density at radius 3 is 2.88 bits per heavy atom. The Balaban J connectivity index is 1.81. The summed E-state index contributed by atoms with van der Waals surface area (Å²) in [5.41, 5.74) is 0.464. The van der Waals surface area contributed by atoms with Gasteiger partial charge in [-0.1, -0.05) is 30.0 Å². The number of imidazole rings is 1. The molecular formula is C13H10F3N5OS2. The molecule has 2 aromatic heterocycles. The van der Waals surface area contributed by atoms with Gasteiger partial charge in [0.05, 0.1) is 11.0 Å². The van der Waals surface area contributed by atoms with Gasteiger partial charge < -0.3 is 4.98 Å². The Hall–Kier alpha value is -2.14. The predicted molar refractivity (Wildman–Crippen MR) is 85.4 cm³/mol. The molecule has 11 heteroatoms. The number of anilines is 1. The summed E-state index contributed by atoms with van der Waals surface area (Å²) in [6, 6.07) is 4.07. The van der Waals surface area contributed by atoms with Crippen LogP contribution < -0.4 is 5.32 Å². The topological polar surface area (TPSA) is 83.6 Å². The number of amides is 1. The van der Waals surface area contributed by atoms with Gasteiger partial charge in [-0.05, 0) is 24.0 Å². The van der Waals surface area contributed by atoms with Crippen molar-refractivity contribution in [2.75, 3.05) is 11.1 Å². The van der Waals surface area contributed by atoms with Crippen LogP contribution in [-0.2, 0) is 6.18 Å². The second-order valence-corrected chi connectivity index (χ2v) is 7.06. The number of H-pyrrole nitrogens is 1. The standard InChI is InChI=1S/C13H10F3N5OS2/c1-2-23-12-21-20-11(24-12)19-9(22)6-3-4-7-8(5-6)18-10(17-7)13(14,15)16/h3-5H,2H2,1H3,(H,17,18)(H,19,20,22). The first-order valence-electron chi connectivity index (χ1n) is 6.71. The van der Waals surface area contributed by atoms with E-state index in [1.165, 1.54) is 41.3 Å². The van der Waals surface area contributed by atoms with E-state index in [0.717, 1.165) is 10.1 Å². The summed E-state index contributed by atoms with van der Waals surface area (Å²) >= 11 is 2.73. The highest BCUT2D eigenvalue weighted by Crippen LogP contribution is 2.29. The van der Waals surface area contributed by atoms with E-state index >= 15 is 0 Å². The molecular weight excluding hydrogens is 363 g/mol. The largest absolute Gasteiger partial charge is 0.449 e. The zero-order valence-electron chi connectivity index (χ0n) is 12.1. The maximum Gasteiger partial charge on any atom is 0.449 e. The van der Waals surface area contributed by atoms with E-state index in [1.54, 1.807) is 0 Å². The molecule has 0 radical (unpaired) electrons. The van der Waals surface area contributed by atoms with Gasteiger partial charge in [-0.2, -0.15) is 13.2 Å². The summed E-state index contributed by atoms with van der Waals surface area (Å²) in [6.45, 7) is 1.97. The summed E-state index contributed by atoms with van der Waals surface area (Å²) in [4.78, 5) is 17.8. The van der Waals surface area contributed by atoms with Gasteiger partial charge in [-0.15, -0.1) is 10.2 Å². The van der Waals surface area contributed by atoms with Crippen LogP contribution in [-0.4, -0.2) is 31.8 Å². The number of fused-ring (bicyclic) bond motifs is 1. The number of carbonyl (C=O) groups excluding carboxylic acids is 1. The fraction of sp³-hybridized carbons (Fsp3) is 0.231. The fourth-order valence-electron chi connectivity index (χ4n) is 1.90. The second kappa shape index (κ2) is 6.40. The SMILES string of the molecule is CCSc1nnc(NC(=O)c2ccc3nc(C(F)(F)F)[nH]c3c2)s1. The third-order valence-electron chi connectivity index (χ3n) is 2.91. The molecule has 0 saturated carbocycles. The normalized spacial score (nSPS) is 11.8. The van der Waals surface area contributed by atoms with Crippen LogP contribution in [0.5, 0.6) is 0 Å². The highest BCUT2D eigenvalue weighted by Gasteiger charge is 2.34. The van der Waals surface area contributed by atoms with Crippen molar-refractivity contribution in [3.63, 3.8) is 0 Å². The van der Waals surface area contributed by atoms with Gasteiger partial charge >= 0.3 is 6.18 Å². The molecule has 1 amide bonds. The smallest absolute Gasteiger partial charge is 0.334 e. The molecule has 126 valence electrons. The lowest BCUT2D eigenvalue weighted by Gasteiger charge is -2.01. The van der Waals surface area contributed by atoms with Crippen LogP contribution >= 0.6 is 23.1 Å². The van der Waals surface area contributed by atoms with Crippen LogP contribution in [0.1, 0.15) is 23.1 Å². The maximum atomic E-state index is 12.6. The molecule has 0 aliphatic rings. The number of nitrogens with one attached hydrogen (secondary N) is 2. The Morgan fingerprint density at radius 2 is 2.17 bits per heavy atom. The van der Waals surface area contributed by atoms with Gasteiger partial charge in [-0.3, -0.25) is 10.1 Å². The molecule has 0 fully saturated rings. The summed E-state index contributed by atoms with van der Waals surface area (Å²) in [7, 11) is 0. The number of nitrogens with zero attached hydrogens (tertiary/aromatic N) is 3. The zero-order valence-corrected chi connectivity index (χ0v) is 13.8. The monoisotopic (exact) mass is 373 g/mol. The lowest BCUT2D eigenvalue weighted by molar-refractivity contribution is -0.144. The lowest BCUT2D eigenvalue weighted by Crippen LogP contribution is -2.11. The Morgan fingerprint density at radius 1 is 1.38 bits per heavy atom. The molecule has 0 aliphatic carbocycles. The van der Waals surface area contributed by atoms with Gasteiger partial charge in [0.2, 0.25) is 11.0 Å². The molecule has 0 aliphatic heterocycles. The van der Waals surface area contributed by atoms with Gasteiger partial charge in [0.15, 0.2) is 4.34 Å². The van der Waals surface area contributed by atoms with Crippen molar-refractivity contribution in [3.8, 4) is 0 Å². The van der Waals surface area contributed by atoms with Crippen molar-refractivity contribution in [2.45, 2.75) is 17.4 Å². The number of benzene rings is 1. The number of alkyl halides is 3. The van der Waals surface area contributed by atoms with Crippen molar-refractivity contribution in [2.24, 2.45) is 0 Å². The number of hydrogen-bond acceptors (Lipinski definition) is 6. The molecule has 0 spiro atoms. The Labute approximate surface area is 141 Å². The first kappa shape index (κ1) is 16.7. The molecule has 3 rings (SSSR count). The first-order chi connectivity index (χ1) is 11.4. The summed E-state index contributed by atoms with van der Waals surface area (Å²) in [6.07, 6.45) is -4.57. The molecule has 0 saturated heterocycles. The number of rotatable bonds is 4. The van der Waals surface area contributed by atoms with E-state index < -0.39 is 17.9 Å². The van der Waals surface area contributed by atoms with Crippen LogP contribution in [0.3, 0.4) is 0 Å². The van der Waals surface area contributed by atoms with Crippen LogP contribution in [0.4, 0.5) is 18.3 Å². The van der Waals surface area contributed by atoms with E-state index in [1.807, 2.05) is 6.92 Å². The van der Waals surface area contributed by atoms with Crippen molar-refractivity contribution < 1.29 is 18.0 Å². The number of halogens is 3. The first-order valence-corrected chi connectivity index (χ1v) is 8.51. The average molecular weight is 373 g/mol. The van der Waals surface area contributed by atoms with Crippen molar-refractivity contribution >= 4 is 45.2 Å². The third kappa shape index (κ3) is 3.51. The summed E-state index contributed by atoms with van der Waals surface area (Å²) in [5.74, 6) is -0.745. The van der Waals surface area contributed by atoms with E-state index in [2.05, 4.69) is 25.5 Å². The van der Waals surface area contributed by atoms with Crippen molar-refractivity contribution in [1.82, 2.24) is 20.2 Å². The van der Waals surface area contributed by atoms with Gasteiger partial charge in [-0.25, -0.2) is 4.98 Å². The minimum Gasteiger partial charge on any atom is -0.334 e. The molecule has 2 heterocycles. The molecule has 6 nitrogen and oxygen atoms in total. The Kier molecular flexibility index (Phi) is 4.45. The van der Waals surface area contributed by atoms with Gasteiger partial charge in [0, 0.05) is 5.56 Å². The average Bonchev–Trinajstić information content (AvgIpc) is 3.13. The predicted octanol–water partition coefficient (Wildman–Crippen LogP) is 3.80. The lowest BCUT2D eigenvalue weighted by atomic mass is 10.2. The van der Waals surface area contributed by atoms with Crippen LogP contribution in [0.25, 0.3) is 11.0 Å². The maximum absolute atomic E-state index is 12.6. The highest BCUT2D eigenvalue weighted by atomic mass is 32.2. The van der Waals surface area contributed by atoms with E-state index in [0.29, 0.717) is 5.13 Å². The van der Waals surface area contributed by atoms with E-state index in [9.17, 15) is 18.0 Å². The molecule has 1 aromatic carbocycles. The fourth-order valence-corrected chi connectivity index (χ4v) is 3.54. The van der Waals surface area contributed by atoms with Crippen LogP contribution in [0.15, 0.2) is 22.5 Å². The number of aromatic nitrogens is 4. The van der Waals surface area contributed by atoms with Crippen LogP contribution in [0, 0.1) is 0 Å². The third-order valence-corrected chi connectivity index (χ3v) is 4.76. The number of thioether (sulfide) groups is 1. The summed E-state index contributed by atoms with van der Waals surface area (Å²) < 4.78 is 38.7. The van der Waals surface area contributed by atoms with E-state index in [-0.39, 0.29) is 16.6 Å². The number of aromatic amines is 1. The second-order valence-electron chi connectivity index (χ2n) is 4.58. The van der Waals surface area contributed by atoms with E-state index in [4.69, 9.17) is 0 Å². The van der Waals surface area contributed by atoms with Crippen molar-refractivity contribution in [1.29, 1.82) is 0 Å². The quantitative estimate of drug-likeness (QED) is 0.537. The van der Waals surface area contributed by atoms with Crippen molar-refractivity contribution in [3.05, 3.63) is 29.6 Å². The number of carbonyl (C=O) groups is 1. The minimum atomic E-state index is -4.57.